The minimum Gasteiger partial charge on any atom is -0.226 e. The summed E-state index contributed by atoms with van der Waals surface area (Å²) in [5, 5.41) is 25.0. The fraction of sp³-hybridized carbons (Fsp3) is 0.789. The van der Waals surface area contributed by atoms with Gasteiger partial charge < -0.3 is 0 Å². The van der Waals surface area contributed by atoms with E-state index in [2.05, 4.69) is 55.7 Å². The topological polar surface area (TPSA) is 87.2 Å². The zero-order valence-corrected chi connectivity index (χ0v) is 16.0. The van der Waals surface area contributed by atoms with E-state index in [1.165, 1.54) is 32.1 Å². The van der Waals surface area contributed by atoms with E-state index in [0.29, 0.717) is 5.92 Å². The van der Waals surface area contributed by atoms with Crippen LogP contribution in [0.4, 0.5) is 0 Å². The van der Waals surface area contributed by atoms with Crippen molar-refractivity contribution in [2.75, 3.05) is 0 Å². The number of hydrogen-bond donors (Lipinski definition) is 0. The smallest absolute Gasteiger partial charge is 0.174 e. The van der Waals surface area contributed by atoms with Gasteiger partial charge in [0.25, 0.3) is 0 Å². The Morgan fingerprint density at radius 3 is 2.78 bits per heavy atom. The van der Waals surface area contributed by atoms with Crippen molar-refractivity contribution in [3.8, 4) is 0 Å². The van der Waals surface area contributed by atoms with Gasteiger partial charge in [-0.05, 0) is 95.5 Å². The number of aromatic nitrogens is 8. The van der Waals surface area contributed by atoms with Gasteiger partial charge in [-0.2, -0.15) is 0 Å². The van der Waals surface area contributed by atoms with E-state index >= 15 is 0 Å². The average molecular weight is 366 g/mol. The van der Waals surface area contributed by atoms with E-state index in [0.717, 1.165) is 42.9 Å². The molecule has 2 aromatic heterocycles. The van der Waals surface area contributed by atoms with Crippen molar-refractivity contribution in [2.24, 2.45) is 23.2 Å². The van der Waals surface area contributed by atoms with Crippen LogP contribution in [0, 0.1) is 23.2 Å². The summed E-state index contributed by atoms with van der Waals surface area (Å²) in [6.45, 7) is 5.82. The monoisotopic (exact) mass is 366 g/mol. The lowest BCUT2D eigenvalue weighted by atomic mass is 9.48. The maximum absolute atomic E-state index is 4.40. The Morgan fingerprint density at radius 2 is 1.85 bits per heavy atom. The third-order valence-corrected chi connectivity index (χ3v) is 8.50. The van der Waals surface area contributed by atoms with Crippen LogP contribution in [0.2, 0.25) is 0 Å². The molecule has 0 spiro atoms. The number of aryl methyl sites for hydroxylation is 2. The van der Waals surface area contributed by atoms with Crippen molar-refractivity contribution >= 4 is 6.08 Å². The van der Waals surface area contributed by atoms with Gasteiger partial charge in [-0.15, -0.1) is 10.2 Å². The normalized spacial score (nSPS) is 39.9. The SMILES string of the molecule is C[C@]12CCn3nnnc3C=C1CC[C@@H]1[C@@H]2CC[C@@]2(C)[C@H]1CCc1nnnn12. The molecule has 0 saturated heterocycles. The van der Waals surface area contributed by atoms with Gasteiger partial charge >= 0.3 is 0 Å². The molecule has 4 aliphatic rings. The zero-order chi connectivity index (χ0) is 18.2. The van der Waals surface area contributed by atoms with E-state index < -0.39 is 0 Å². The van der Waals surface area contributed by atoms with E-state index in [1.54, 1.807) is 5.57 Å². The van der Waals surface area contributed by atoms with Crippen molar-refractivity contribution in [1.29, 1.82) is 0 Å². The van der Waals surface area contributed by atoms with Crippen molar-refractivity contribution in [3.05, 3.63) is 17.2 Å². The predicted octanol–water partition coefficient (Wildman–Crippen LogP) is 2.25. The lowest BCUT2D eigenvalue weighted by Crippen LogP contribution is -2.56. The first-order valence-electron chi connectivity index (χ1n) is 10.3. The van der Waals surface area contributed by atoms with Crippen LogP contribution in [0.1, 0.15) is 64.0 Å². The highest BCUT2D eigenvalue weighted by atomic mass is 15.6. The summed E-state index contributed by atoms with van der Waals surface area (Å²) in [5.74, 6) is 4.16. The van der Waals surface area contributed by atoms with E-state index in [4.69, 9.17) is 0 Å². The van der Waals surface area contributed by atoms with Gasteiger partial charge in [0.2, 0.25) is 0 Å². The highest BCUT2D eigenvalue weighted by Gasteiger charge is 2.57. The Kier molecular flexibility index (Phi) is 3.08. The standard InChI is InChI=1S/C19H26N8/c1-18-9-10-26-17(21-22-24-26)11-12(18)3-4-13-14(18)7-8-19(2)15(13)5-6-16-20-23-25-27(16)19/h11,13-15H,3-10H2,1-2H3/t13-,14+,15+,18+,19+/m1/s1. The van der Waals surface area contributed by atoms with Gasteiger partial charge in [-0.1, -0.05) is 12.5 Å². The molecular formula is C19H26N8. The van der Waals surface area contributed by atoms with Crippen LogP contribution in [-0.4, -0.2) is 40.4 Å². The van der Waals surface area contributed by atoms with Crippen LogP contribution in [0.3, 0.4) is 0 Å². The predicted molar refractivity (Wildman–Crippen MR) is 97.2 cm³/mol. The van der Waals surface area contributed by atoms with Crippen LogP contribution >= 0.6 is 0 Å². The molecule has 2 aliphatic carbocycles. The quantitative estimate of drug-likeness (QED) is 0.711. The van der Waals surface area contributed by atoms with Crippen molar-refractivity contribution in [1.82, 2.24) is 40.4 Å². The first kappa shape index (κ1) is 15.9. The third-order valence-electron chi connectivity index (χ3n) is 8.50. The van der Waals surface area contributed by atoms with Gasteiger partial charge in [0, 0.05) is 13.0 Å². The molecule has 4 heterocycles. The zero-order valence-electron chi connectivity index (χ0n) is 16.0. The Labute approximate surface area is 158 Å². The average Bonchev–Trinajstić information content (AvgIpc) is 3.29. The van der Waals surface area contributed by atoms with Crippen LogP contribution < -0.4 is 0 Å². The van der Waals surface area contributed by atoms with Crippen molar-refractivity contribution < 1.29 is 0 Å². The molecular weight excluding hydrogens is 340 g/mol. The molecule has 27 heavy (non-hydrogen) atoms. The molecule has 0 radical (unpaired) electrons. The second kappa shape index (κ2) is 5.23. The summed E-state index contributed by atoms with van der Waals surface area (Å²) in [4.78, 5) is 0. The Bertz CT molecular complexity index is 928. The van der Waals surface area contributed by atoms with Gasteiger partial charge in [0.15, 0.2) is 11.6 Å². The van der Waals surface area contributed by atoms with Gasteiger partial charge in [-0.25, -0.2) is 9.36 Å². The molecule has 2 aromatic rings. The van der Waals surface area contributed by atoms with Crippen LogP contribution in [-0.2, 0) is 18.5 Å². The molecule has 0 amide bonds. The van der Waals surface area contributed by atoms with Gasteiger partial charge in [-0.3, -0.25) is 0 Å². The summed E-state index contributed by atoms with van der Waals surface area (Å²) in [7, 11) is 0. The first-order chi connectivity index (χ1) is 13.1. The number of allylic oxidation sites excluding steroid dienone is 1. The minimum absolute atomic E-state index is 0.0822. The molecule has 2 saturated carbocycles. The van der Waals surface area contributed by atoms with Crippen molar-refractivity contribution in [2.45, 2.75) is 70.9 Å². The molecule has 8 heteroatoms. The molecule has 0 N–H and O–H groups in total. The van der Waals surface area contributed by atoms with Crippen LogP contribution in [0.5, 0.6) is 0 Å². The maximum atomic E-state index is 4.40. The fourth-order valence-corrected chi connectivity index (χ4v) is 7.01. The molecule has 0 aromatic carbocycles. The second-order valence-corrected chi connectivity index (χ2v) is 9.45. The summed E-state index contributed by atoms with van der Waals surface area (Å²) >= 11 is 0. The molecule has 142 valence electrons. The molecule has 5 atom stereocenters. The lowest BCUT2D eigenvalue weighted by molar-refractivity contribution is -0.0612. The molecule has 6 rings (SSSR count). The van der Waals surface area contributed by atoms with E-state index in [1.807, 2.05) is 4.68 Å². The Hall–Kier alpha value is -2.12. The van der Waals surface area contributed by atoms with E-state index in [-0.39, 0.29) is 11.0 Å². The third kappa shape index (κ3) is 1.99. The Morgan fingerprint density at radius 1 is 0.963 bits per heavy atom. The Balaban J connectivity index is 1.39. The minimum atomic E-state index is 0.0822. The van der Waals surface area contributed by atoms with Crippen LogP contribution in [0.25, 0.3) is 6.08 Å². The summed E-state index contributed by atoms with van der Waals surface area (Å²) in [6.07, 6.45) is 10.5. The number of fused-ring (bicyclic) bond motifs is 8. The van der Waals surface area contributed by atoms with Crippen molar-refractivity contribution in [3.63, 3.8) is 0 Å². The molecule has 0 bridgehead atoms. The van der Waals surface area contributed by atoms with E-state index in [9.17, 15) is 0 Å². The van der Waals surface area contributed by atoms with Crippen LogP contribution in [0.15, 0.2) is 5.57 Å². The maximum Gasteiger partial charge on any atom is 0.174 e. The summed E-state index contributed by atoms with van der Waals surface area (Å²) in [5.41, 5.74) is 1.90. The first-order valence-corrected chi connectivity index (χ1v) is 10.3. The lowest BCUT2D eigenvalue weighted by Gasteiger charge is -2.58. The summed E-state index contributed by atoms with van der Waals surface area (Å²) < 4.78 is 4.15. The van der Waals surface area contributed by atoms with Gasteiger partial charge in [0.1, 0.15) is 0 Å². The highest BCUT2D eigenvalue weighted by molar-refractivity contribution is 5.49. The summed E-state index contributed by atoms with van der Waals surface area (Å²) in [6, 6.07) is 0. The molecule has 8 nitrogen and oxygen atoms in total. The largest absolute Gasteiger partial charge is 0.226 e. The number of hydrogen-bond acceptors (Lipinski definition) is 6. The molecule has 2 fully saturated rings. The molecule has 0 unspecified atom stereocenters. The second-order valence-electron chi connectivity index (χ2n) is 9.45. The van der Waals surface area contributed by atoms with Gasteiger partial charge in [0.05, 0.1) is 5.54 Å². The number of nitrogens with zero attached hydrogens (tertiary/aromatic N) is 8. The molecule has 2 aliphatic heterocycles. The fourth-order valence-electron chi connectivity index (χ4n) is 7.01. The number of tetrazole rings is 2. The highest BCUT2D eigenvalue weighted by Crippen LogP contribution is 2.62. The number of rotatable bonds is 0.